The van der Waals surface area contributed by atoms with Gasteiger partial charge in [-0.1, -0.05) is 0 Å². The van der Waals surface area contributed by atoms with Gasteiger partial charge in [0.25, 0.3) is 0 Å². The molecule has 2 aliphatic rings. The molecule has 1 fully saturated rings. The molecule has 0 aliphatic carbocycles. The quantitative estimate of drug-likeness (QED) is 0.689. The van der Waals surface area contributed by atoms with Gasteiger partial charge in [0.15, 0.2) is 0 Å². The second-order valence-corrected chi connectivity index (χ2v) is 3.89. The summed E-state index contributed by atoms with van der Waals surface area (Å²) in [5.41, 5.74) is 0. The monoisotopic (exact) mass is 240 g/mol. The molecule has 0 saturated carbocycles. The minimum Gasteiger partial charge on any atom is -0.478 e. The SMILES string of the molecule is CC1CCC2=NCCN21.O=C(O)/C=C/C(=O)O. The van der Waals surface area contributed by atoms with Gasteiger partial charge in [0.2, 0.25) is 0 Å². The lowest BCUT2D eigenvalue weighted by Crippen LogP contribution is -2.28. The summed E-state index contributed by atoms with van der Waals surface area (Å²) in [6.07, 6.45) is 3.66. The second kappa shape index (κ2) is 6.03. The fourth-order valence-corrected chi connectivity index (χ4v) is 1.84. The maximum atomic E-state index is 9.55. The summed E-state index contributed by atoms with van der Waals surface area (Å²) >= 11 is 0. The van der Waals surface area contributed by atoms with Gasteiger partial charge in [-0.15, -0.1) is 0 Å². The Morgan fingerprint density at radius 2 is 1.94 bits per heavy atom. The molecule has 17 heavy (non-hydrogen) atoms. The first kappa shape index (κ1) is 13.2. The van der Waals surface area contributed by atoms with Gasteiger partial charge >= 0.3 is 11.9 Å². The van der Waals surface area contributed by atoms with E-state index in [1.165, 1.54) is 25.2 Å². The molecule has 2 aliphatic heterocycles. The topological polar surface area (TPSA) is 90.2 Å². The summed E-state index contributed by atoms with van der Waals surface area (Å²) < 4.78 is 0. The lowest BCUT2D eigenvalue weighted by molar-refractivity contribution is -0.134. The smallest absolute Gasteiger partial charge is 0.328 e. The van der Waals surface area contributed by atoms with Crippen molar-refractivity contribution < 1.29 is 19.8 Å². The molecule has 0 aromatic carbocycles. The maximum Gasteiger partial charge on any atom is 0.328 e. The van der Waals surface area contributed by atoms with Crippen LogP contribution in [-0.4, -0.2) is 52.0 Å². The standard InChI is InChI=1S/C7H12N2.C4H4O4/c1-6-2-3-7-8-4-5-9(6)7;5-3(6)1-2-4(7)8/h6H,2-5H2,1H3;1-2H,(H,5,6)(H,7,8)/b;2-1+. The van der Waals surface area contributed by atoms with Crippen molar-refractivity contribution >= 4 is 17.8 Å². The highest BCUT2D eigenvalue weighted by molar-refractivity contribution is 5.89. The third-order valence-corrected chi connectivity index (χ3v) is 2.65. The molecule has 2 heterocycles. The van der Waals surface area contributed by atoms with Crippen LogP contribution in [0.1, 0.15) is 19.8 Å². The van der Waals surface area contributed by atoms with Gasteiger partial charge < -0.3 is 15.1 Å². The van der Waals surface area contributed by atoms with Gasteiger partial charge in [-0.05, 0) is 13.3 Å². The number of nitrogens with zero attached hydrogens (tertiary/aromatic N) is 2. The Balaban J connectivity index is 0.000000172. The van der Waals surface area contributed by atoms with Crippen LogP contribution in [-0.2, 0) is 9.59 Å². The van der Waals surface area contributed by atoms with E-state index in [1.807, 2.05) is 0 Å². The van der Waals surface area contributed by atoms with E-state index >= 15 is 0 Å². The number of aliphatic imine (C=N–C) groups is 1. The molecule has 94 valence electrons. The Kier molecular flexibility index (Phi) is 4.68. The molecule has 0 amide bonds. The summed E-state index contributed by atoms with van der Waals surface area (Å²) in [5, 5.41) is 15.6. The van der Waals surface area contributed by atoms with Crippen molar-refractivity contribution in [3.8, 4) is 0 Å². The van der Waals surface area contributed by atoms with Crippen LogP contribution < -0.4 is 0 Å². The number of carbonyl (C=O) groups is 2. The third-order valence-electron chi connectivity index (χ3n) is 2.65. The lowest BCUT2D eigenvalue weighted by Gasteiger charge is -2.17. The predicted molar refractivity (Wildman–Crippen MR) is 62.1 cm³/mol. The largest absolute Gasteiger partial charge is 0.478 e. The van der Waals surface area contributed by atoms with E-state index in [2.05, 4.69) is 16.8 Å². The highest BCUT2D eigenvalue weighted by Gasteiger charge is 2.27. The zero-order valence-corrected chi connectivity index (χ0v) is 9.67. The minimum atomic E-state index is -1.26. The molecule has 6 heteroatoms. The van der Waals surface area contributed by atoms with Gasteiger partial charge in [-0.3, -0.25) is 4.99 Å². The molecule has 0 aromatic heterocycles. The summed E-state index contributed by atoms with van der Waals surface area (Å²) in [4.78, 5) is 25.9. The summed E-state index contributed by atoms with van der Waals surface area (Å²) in [7, 11) is 0. The van der Waals surface area contributed by atoms with Gasteiger partial charge in [-0.2, -0.15) is 0 Å². The van der Waals surface area contributed by atoms with E-state index in [9.17, 15) is 9.59 Å². The van der Waals surface area contributed by atoms with E-state index in [4.69, 9.17) is 10.2 Å². The summed E-state index contributed by atoms with van der Waals surface area (Å²) in [6, 6.07) is 0.770. The zero-order chi connectivity index (χ0) is 12.8. The number of aliphatic carboxylic acids is 2. The highest BCUT2D eigenvalue weighted by atomic mass is 16.4. The van der Waals surface area contributed by atoms with E-state index < -0.39 is 11.9 Å². The number of hydrogen-bond donors (Lipinski definition) is 2. The van der Waals surface area contributed by atoms with Crippen LogP contribution in [0.2, 0.25) is 0 Å². The van der Waals surface area contributed by atoms with Gasteiger partial charge in [-0.25, -0.2) is 9.59 Å². The molecule has 0 radical (unpaired) electrons. The van der Waals surface area contributed by atoms with E-state index in [-0.39, 0.29) is 0 Å². The highest BCUT2D eigenvalue weighted by Crippen LogP contribution is 2.21. The molecule has 2 N–H and O–H groups in total. The number of carboxylic acids is 2. The first-order chi connectivity index (χ1) is 8.00. The van der Waals surface area contributed by atoms with Crippen molar-refractivity contribution in [1.82, 2.24) is 4.90 Å². The van der Waals surface area contributed by atoms with Crippen LogP contribution in [0.3, 0.4) is 0 Å². The van der Waals surface area contributed by atoms with Gasteiger partial charge in [0, 0.05) is 31.2 Å². The van der Waals surface area contributed by atoms with Crippen molar-refractivity contribution in [1.29, 1.82) is 0 Å². The van der Waals surface area contributed by atoms with E-state index in [0.717, 1.165) is 12.6 Å². The fraction of sp³-hybridized carbons (Fsp3) is 0.545. The van der Waals surface area contributed by atoms with E-state index in [0.29, 0.717) is 12.2 Å². The predicted octanol–water partition coefficient (Wildman–Crippen LogP) is 0.595. The second-order valence-electron chi connectivity index (χ2n) is 3.89. The van der Waals surface area contributed by atoms with Crippen LogP contribution in [0.5, 0.6) is 0 Å². The van der Waals surface area contributed by atoms with Crippen molar-refractivity contribution in [2.75, 3.05) is 13.1 Å². The maximum absolute atomic E-state index is 9.55. The van der Waals surface area contributed by atoms with Crippen LogP contribution in [0.15, 0.2) is 17.1 Å². The Morgan fingerprint density at radius 3 is 2.41 bits per heavy atom. The number of hydrogen-bond acceptors (Lipinski definition) is 4. The molecule has 0 bridgehead atoms. The Morgan fingerprint density at radius 1 is 1.35 bits per heavy atom. The molecule has 1 saturated heterocycles. The molecule has 2 rings (SSSR count). The Bertz CT molecular complexity index is 346. The summed E-state index contributed by atoms with van der Waals surface area (Å²) in [6.45, 7) is 4.50. The molecule has 1 atom stereocenters. The van der Waals surface area contributed by atoms with Crippen LogP contribution in [0, 0.1) is 0 Å². The Hall–Kier alpha value is -1.85. The normalized spacial score (nSPS) is 21.8. The number of amidine groups is 1. The van der Waals surface area contributed by atoms with Gasteiger partial charge in [0.1, 0.15) is 0 Å². The number of fused-ring (bicyclic) bond motifs is 1. The van der Waals surface area contributed by atoms with Crippen LogP contribution in [0.4, 0.5) is 0 Å². The minimum absolute atomic E-state index is 0.558. The first-order valence-corrected chi connectivity index (χ1v) is 5.44. The zero-order valence-electron chi connectivity index (χ0n) is 9.67. The molecular formula is C11H16N2O4. The van der Waals surface area contributed by atoms with Crippen molar-refractivity contribution in [3.05, 3.63) is 12.2 Å². The van der Waals surface area contributed by atoms with Crippen molar-refractivity contribution in [3.63, 3.8) is 0 Å². The molecule has 1 unspecified atom stereocenters. The van der Waals surface area contributed by atoms with Crippen molar-refractivity contribution in [2.45, 2.75) is 25.8 Å². The average molecular weight is 240 g/mol. The molecule has 0 aromatic rings. The third kappa shape index (κ3) is 4.26. The van der Waals surface area contributed by atoms with Crippen LogP contribution >= 0.6 is 0 Å². The van der Waals surface area contributed by atoms with Crippen LogP contribution in [0.25, 0.3) is 0 Å². The van der Waals surface area contributed by atoms with Crippen molar-refractivity contribution in [2.24, 2.45) is 4.99 Å². The number of rotatable bonds is 2. The average Bonchev–Trinajstić information content (AvgIpc) is 2.82. The molecule has 6 nitrogen and oxygen atoms in total. The number of carboxylic acid groups (broad SMARTS) is 2. The van der Waals surface area contributed by atoms with Gasteiger partial charge in [0.05, 0.1) is 12.4 Å². The van der Waals surface area contributed by atoms with E-state index in [1.54, 1.807) is 0 Å². The lowest BCUT2D eigenvalue weighted by atomic mass is 10.2. The Labute approximate surface area is 99.3 Å². The fourth-order valence-electron chi connectivity index (χ4n) is 1.84. The first-order valence-electron chi connectivity index (χ1n) is 5.44. The molecular weight excluding hydrogens is 224 g/mol. The molecule has 0 spiro atoms. The summed E-state index contributed by atoms with van der Waals surface area (Å²) in [5.74, 6) is -1.15.